The van der Waals surface area contributed by atoms with Crippen molar-refractivity contribution in [2.45, 2.75) is 12.5 Å². The highest BCUT2D eigenvalue weighted by atomic mass is 16.2. The van der Waals surface area contributed by atoms with Gasteiger partial charge in [0.05, 0.1) is 5.71 Å². The third-order valence-electron chi connectivity index (χ3n) is 3.79. The molecule has 8 heteroatoms. The molecule has 2 aromatic rings. The Labute approximate surface area is 155 Å². The molecule has 0 saturated heterocycles. The highest BCUT2D eigenvalue weighted by molar-refractivity contribution is 6.69. The Morgan fingerprint density at radius 2 is 1.56 bits per heavy atom. The van der Waals surface area contributed by atoms with Crippen molar-refractivity contribution in [3.05, 3.63) is 71.8 Å². The summed E-state index contributed by atoms with van der Waals surface area (Å²) in [6.45, 7) is 0. The van der Waals surface area contributed by atoms with Gasteiger partial charge in [0.1, 0.15) is 6.04 Å². The molecule has 1 unspecified atom stereocenters. The third-order valence-corrected chi connectivity index (χ3v) is 3.79. The molecule has 2 amide bonds. The first-order chi connectivity index (χ1) is 12.9. The molecule has 27 heavy (non-hydrogen) atoms. The molecular weight excluding hydrogens is 346 g/mol. The lowest BCUT2D eigenvalue weighted by molar-refractivity contribution is -0.137. The van der Waals surface area contributed by atoms with Crippen molar-refractivity contribution >= 4 is 29.0 Å². The van der Waals surface area contributed by atoms with E-state index in [-0.39, 0.29) is 17.8 Å². The van der Waals surface area contributed by atoms with Crippen LogP contribution in [-0.4, -0.2) is 35.1 Å². The first kappa shape index (κ1) is 19.5. The number of ketones is 1. The number of nitrogens with zero attached hydrogens (tertiary/aromatic N) is 1. The lowest BCUT2D eigenvalue weighted by atomic mass is 10.0. The van der Waals surface area contributed by atoms with Crippen molar-refractivity contribution < 1.29 is 14.4 Å². The van der Waals surface area contributed by atoms with Crippen LogP contribution in [0.2, 0.25) is 0 Å². The summed E-state index contributed by atoms with van der Waals surface area (Å²) in [6.07, 6.45) is 0.0604. The summed E-state index contributed by atoms with van der Waals surface area (Å²) in [5.41, 5.74) is 5.67. The number of carbonyl (C=O) groups is 3. The summed E-state index contributed by atoms with van der Waals surface area (Å²) in [6, 6.07) is 16.0. The fourth-order valence-corrected chi connectivity index (χ4v) is 2.44. The van der Waals surface area contributed by atoms with Crippen LogP contribution < -0.4 is 16.9 Å². The van der Waals surface area contributed by atoms with E-state index in [4.69, 9.17) is 17.0 Å². The zero-order valence-electron chi connectivity index (χ0n) is 14.4. The second kappa shape index (κ2) is 9.04. The highest BCUT2D eigenvalue weighted by Crippen LogP contribution is 2.06. The van der Waals surface area contributed by atoms with Crippen LogP contribution in [0.15, 0.2) is 65.8 Å². The molecule has 0 bridgehead atoms. The second-order valence-corrected chi connectivity index (χ2v) is 5.66. The molecule has 2 aromatic carbocycles. The maximum absolute atomic E-state index is 12.5. The summed E-state index contributed by atoms with van der Waals surface area (Å²) in [5.74, 6) is 2.33. The number of benzene rings is 2. The van der Waals surface area contributed by atoms with Gasteiger partial charge in [-0.2, -0.15) is 5.10 Å². The van der Waals surface area contributed by atoms with E-state index in [1.165, 1.54) is 0 Å². The van der Waals surface area contributed by atoms with E-state index in [2.05, 4.69) is 10.4 Å². The Morgan fingerprint density at radius 3 is 2.07 bits per heavy atom. The molecule has 0 radical (unpaired) electrons. The van der Waals surface area contributed by atoms with Gasteiger partial charge in [-0.05, 0) is 5.56 Å². The average Bonchev–Trinajstić information content (AvgIpc) is 2.68. The van der Waals surface area contributed by atoms with Crippen LogP contribution >= 0.6 is 0 Å². The van der Waals surface area contributed by atoms with E-state index in [0.29, 0.717) is 5.56 Å². The van der Waals surface area contributed by atoms with Gasteiger partial charge in [0, 0.05) is 12.0 Å². The average molecular weight is 365 g/mol. The van der Waals surface area contributed by atoms with Crippen LogP contribution in [0.25, 0.3) is 0 Å². The standard InChI is InChI=1S/C19H19N5O3/c20-15(13-9-5-2-6-10-13)16(24-22)19(27)23-14(17(25)18(21)26)11-12-7-3-1-4-8-12/h1-10,14,20H,11,22H2,(H2,21,26)(H,23,27)/b20-15?,24-16+. The van der Waals surface area contributed by atoms with E-state index in [9.17, 15) is 14.4 Å². The van der Waals surface area contributed by atoms with Crippen LogP contribution in [0.3, 0.4) is 0 Å². The van der Waals surface area contributed by atoms with E-state index in [1.54, 1.807) is 60.7 Å². The molecule has 138 valence electrons. The van der Waals surface area contributed by atoms with Crippen LogP contribution in [0.4, 0.5) is 0 Å². The van der Waals surface area contributed by atoms with Gasteiger partial charge in [-0.15, -0.1) is 0 Å². The van der Waals surface area contributed by atoms with Crippen LogP contribution in [0.5, 0.6) is 0 Å². The Kier molecular flexibility index (Phi) is 6.54. The highest BCUT2D eigenvalue weighted by Gasteiger charge is 2.28. The zero-order chi connectivity index (χ0) is 19.8. The maximum Gasteiger partial charge on any atom is 0.287 e. The molecule has 0 aliphatic carbocycles. The van der Waals surface area contributed by atoms with Crippen LogP contribution in [0.1, 0.15) is 11.1 Å². The number of nitrogens with one attached hydrogen (secondary N) is 2. The van der Waals surface area contributed by atoms with Gasteiger partial charge in [-0.1, -0.05) is 60.7 Å². The van der Waals surface area contributed by atoms with Gasteiger partial charge in [-0.3, -0.25) is 19.8 Å². The maximum atomic E-state index is 12.5. The molecule has 0 spiro atoms. The quantitative estimate of drug-likeness (QED) is 0.228. The number of nitrogens with two attached hydrogens (primary N) is 2. The van der Waals surface area contributed by atoms with Crippen molar-refractivity contribution in [1.82, 2.24) is 5.32 Å². The van der Waals surface area contributed by atoms with Gasteiger partial charge in [0.2, 0.25) is 5.78 Å². The number of hydrogen-bond acceptors (Lipinski definition) is 6. The molecule has 0 aromatic heterocycles. The number of Topliss-reactive ketones (excluding diaryl/α,β-unsaturated/α-hetero) is 1. The summed E-state index contributed by atoms with van der Waals surface area (Å²) in [5, 5.41) is 13.9. The molecule has 1 atom stereocenters. The van der Waals surface area contributed by atoms with Gasteiger partial charge in [0.25, 0.3) is 11.8 Å². The number of carbonyl (C=O) groups excluding carboxylic acids is 3. The second-order valence-electron chi connectivity index (χ2n) is 5.66. The predicted octanol–water partition coefficient (Wildman–Crippen LogP) is 0.151. The van der Waals surface area contributed by atoms with Crippen molar-refractivity contribution in [3.63, 3.8) is 0 Å². The SMILES string of the molecule is N=C(/C(=N\N)C(=O)NC(Cc1ccccc1)C(=O)C(N)=O)c1ccccc1. The fraction of sp³-hybridized carbons (Fsp3) is 0.105. The first-order valence-corrected chi connectivity index (χ1v) is 8.04. The number of amides is 2. The van der Waals surface area contributed by atoms with Crippen molar-refractivity contribution in [3.8, 4) is 0 Å². The minimum Gasteiger partial charge on any atom is -0.363 e. The lowest BCUT2D eigenvalue weighted by Crippen LogP contribution is -2.50. The number of hydrogen-bond donors (Lipinski definition) is 4. The molecule has 8 nitrogen and oxygen atoms in total. The smallest absolute Gasteiger partial charge is 0.287 e. The Balaban J connectivity index is 2.22. The zero-order valence-corrected chi connectivity index (χ0v) is 14.4. The van der Waals surface area contributed by atoms with Crippen LogP contribution in [-0.2, 0) is 20.8 Å². The largest absolute Gasteiger partial charge is 0.363 e. The van der Waals surface area contributed by atoms with E-state index in [0.717, 1.165) is 5.56 Å². The monoisotopic (exact) mass is 365 g/mol. The van der Waals surface area contributed by atoms with Gasteiger partial charge in [0.15, 0.2) is 5.71 Å². The molecule has 6 N–H and O–H groups in total. The number of rotatable bonds is 8. The molecule has 2 rings (SSSR count). The lowest BCUT2D eigenvalue weighted by Gasteiger charge is -2.17. The van der Waals surface area contributed by atoms with Gasteiger partial charge >= 0.3 is 0 Å². The van der Waals surface area contributed by atoms with E-state index in [1.807, 2.05) is 0 Å². The Bertz CT molecular complexity index is 879. The molecular formula is C19H19N5O3. The Hall–Kier alpha value is -3.81. The summed E-state index contributed by atoms with van der Waals surface area (Å²) in [7, 11) is 0. The fourth-order valence-electron chi connectivity index (χ4n) is 2.44. The molecule has 0 aliphatic heterocycles. The molecule has 0 aliphatic rings. The first-order valence-electron chi connectivity index (χ1n) is 8.04. The molecule has 0 saturated carbocycles. The molecule has 0 heterocycles. The minimum atomic E-state index is -1.20. The number of primary amides is 1. The summed E-state index contributed by atoms with van der Waals surface area (Å²) >= 11 is 0. The molecule has 0 fully saturated rings. The normalized spacial score (nSPS) is 12.1. The predicted molar refractivity (Wildman–Crippen MR) is 101 cm³/mol. The summed E-state index contributed by atoms with van der Waals surface area (Å²) < 4.78 is 0. The Morgan fingerprint density at radius 1 is 1.00 bits per heavy atom. The summed E-state index contributed by atoms with van der Waals surface area (Å²) in [4.78, 5) is 36.0. The van der Waals surface area contributed by atoms with Crippen molar-refractivity contribution in [2.75, 3.05) is 0 Å². The minimum absolute atomic E-state index is 0.0604. The third kappa shape index (κ3) is 5.08. The van der Waals surface area contributed by atoms with Crippen molar-refractivity contribution in [1.29, 1.82) is 5.41 Å². The van der Waals surface area contributed by atoms with Gasteiger partial charge < -0.3 is 16.9 Å². The van der Waals surface area contributed by atoms with E-state index >= 15 is 0 Å². The van der Waals surface area contributed by atoms with E-state index < -0.39 is 23.6 Å². The number of hydrazone groups is 1. The van der Waals surface area contributed by atoms with Crippen molar-refractivity contribution in [2.24, 2.45) is 16.7 Å². The topological polar surface area (TPSA) is 151 Å². The van der Waals surface area contributed by atoms with Gasteiger partial charge in [-0.25, -0.2) is 0 Å². The van der Waals surface area contributed by atoms with Crippen LogP contribution in [0, 0.1) is 5.41 Å².